The Labute approximate surface area is 88.9 Å². The van der Waals surface area contributed by atoms with E-state index in [9.17, 15) is 9.59 Å². The summed E-state index contributed by atoms with van der Waals surface area (Å²) in [6, 6.07) is 0. The summed E-state index contributed by atoms with van der Waals surface area (Å²) in [7, 11) is 2.67. The standard InChI is InChI=1S/C11H14O4/c1-5-10(11(13)15-4)9(7-12)6-8(2)14-3/h5-7H,2H2,1,3-4H3/b9-6-,10-5+. The SMILES string of the molecule is C=C(/C=C(C=O)\C(=C/C)C(=O)OC)OC. The Morgan fingerprint density at radius 2 is 1.87 bits per heavy atom. The smallest absolute Gasteiger partial charge is 0.338 e. The van der Waals surface area contributed by atoms with E-state index in [0.29, 0.717) is 12.0 Å². The van der Waals surface area contributed by atoms with Gasteiger partial charge in [0.25, 0.3) is 0 Å². The minimum Gasteiger partial charge on any atom is -0.497 e. The highest BCUT2D eigenvalue weighted by Crippen LogP contribution is 2.12. The zero-order chi connectivity index (χ0) is 11.8. The molecule has 0 radical (unpaired) electrons. The van der Waals surface area contributed by atoms with Crippen LogP contribution in [0.15, 0.2) is 35.6 Å². The molecule has 4 nitrogen and oxygen atoms in total. The maximum atomic E-state index is 11.3. The Bertz CT molecular complexity index is 323. The number of methoxy groups -OCH3 is 2. The Morgan fingerprint density at radius 3 is 2.20 bits per heavy atom. The van der Waals surface area contributed by atoms with Crippen LogP contribution in [-0.4, -0.2) is 26.5 Å². The number of rotatable bonds is 5. The molecule has 0 heterocycles. The van der Waals surface area contributed by atoms with Crippen molar-refractivity contribution in [2.24, 2.45) is 0 Å². The third-order valence-electron chi connectivity index (χ3n) is 1.71. The van der Waals surface area contributed by atoms with Crippen LogP contribution in [0.2, 0.25) is 0 Å². The first-order valence-corrected chi connectivity index (χ1v) is 4.25. The van der Waals surface area contributed by atoms with Crippen molar-refractivity contribution >= 4 is 12.3 Å². The molecule has 0 saturated heterocycles. The number of hydrogen-bond acceptors (Lipinski definition) is 4. The average molecular weight is 210 g/mol. The van der Waals surface area contributed by atoms with E-state index in [-0.39, 0.29) is 11.1 Å². The zero-order valence-electron chi connectivity index (χ0n) is 9.07. The van der Waals surface area contributed by atoms with Gasteiger partial charge in [0.15, 0.2) is 6.29 Å². The van der Waals surface area contributed by atoms with Crippen LogP contribution in [0.4, 0.5) is 0 Å². The summed E-state index contributed by atoms with van der Waals surface area (Å²) < 4.78 is 9.31. The molecule has 82 valence electrons. The molecule has 0 atom stereocenters. The lowest BCUT2D eigenvalue weighted by Gasteiger charge is -2.04. The lowest BCUT2D eigenvalue weighted by Crippen LogP contribution is -2.08. The first-order chi connectivity index (χ1) is 7.10. The summed E-state index contributed by atoms with van der Waals surface area (Å²) >= 11 is 0. The van der Waals surface area contributed by atoms with Gasteiger partial charge in [-0.3, -0.25) is 4.79 Å². The summed E-state index contributed by atoms with van der Waals surface area (Å²) in [5.74, 6) is -0.278. The number of carbonyl (C=O) groups is 2. The van der Waals surface area contributed by atoms with Gasteiger partial charge in [-0.15, -0.1) is 0 Å². The molecule has 0 aliphatic rings. The predicted octanol–water partition coefficient (Wildman–Crippen LogP) is 1.39. The van der Waals surface area contributed by atoms with Crippen molar-refractivity contribution in [3.8, 4) is 0 Å². The largest absolute Gasteiger partial charge is 0.497 e. The number of hydrogen-bond donors (Lipinski definition) is 0. The van der Waals surface area contributed by atoms with Gasteiger partial charge in [-0.1, -0.05) is 12.7 Å². The molecule has 0 aromatic heterocycles. The summed E-state index contributed by atoms with van der Waals surface area (Å²) in [4.78, 5) is 22.0. The zero-order valence-corrected chi connectivity index (χ0v) is 9.07. The van der Waals surface area contributed by atoms with Gasteiger partial charge in [0.05, 0.1) is 19.8 Å². The maximum absolute atomic E-state index is 11.3. The van der Waals surface area contributed by atoms with E-state index in [4.69, 9.17) is 4.74 Å². The Hall–Kier alpha value is -1.84. The topological polar surface area (TPSA) is 52.6 Å². The Balaban J connectivity index is 5.11. The molecule has 0 spiro atoms. The van der Waals surface area contributed by atoms with E-state index in [2.05, 4.69) is 11.3 Å². The van der Waals surface area contributed by atoms with Gasteiger partial charge in [0.1, 0.15) is 5.76 Å². The van der Waals surface area contributed by atoms with E-state index < -0.39 is 5.97 Å². The van der Waals surface area contributed by atoms with Gasteiger partial charge in [0, 0.05) is 5.57 Å². The van der Waals surface area contributed by atoms with Crippen LogP contribution in [0.25, 0.3) is 0 Å². The summed E-state index contributed by atoms with van der Waals surface area (Å²) in [5.41, 5.74) is 0.363. The van der Waals surface area contributed by atoms with Gasteiger partial charge in [-0.05, 0) is 13.0 Å². The van der Waals surface area contributed by atoms with Crippen molar-refractivity contribution in [1.82, 2.24) is 0 Å². The number of esters is 1. The maximum Gasteiger partial charge on any atom is 0.338 e. The minimum absolute atomic E-state index is 0.177. The van der Waals surface area contributed by atoms with E-state index in [0.717, 1.165) is 0 Å². The average Bonchev–Trinajstić information content (AvgIpc) is 2.27. The second-order valence-corrected chi connectivity index (χ2v) is 2.58. The van der Waals surface area contributed by atoms with Crippen LogP contribution >= 0.6 is 0 Å². The van der Waals surface area contributed by atoms with Crippen molar-refractivity contribution in [3.05, 3.63) is 35.6 Å². The number of carbonyl (C=O) groups excluding carboxylic acids is 2. The van der Waals surface area contributed by atoms with E-state index in [1.54, 1.807) is 6.92 Å². The van der Waals surface area contributed by atoms with Crippen LogP contribution in [0, 0.1) is 0 Å². The quantitative estimate of drug-likeness (QED) is 0.226. The van der Waals surface area contributed by atoms with E-state index >= 15 is 0 Å². The molecule has 0 aromatic carbocycles. The van der Waals surface area contributed by atoms with Gasteiger partial charge < -0.3 is 9.47 Å². The predicted molar refractivity (Wildman–Crippen MR) is 56.1 cm³/mol. The van der Waals surface area contributed by atoms with Crippen LogP contribution in [0.3, 0.4) is 0 Å². The van der Waals surface area contributed by atoms with E-state index in [1.165, 1.54) is 26.4 Å². The fraction of sp³-hybridized carbons (Fsp3) is 0.273. The van der Waals surface area contributed by atoms with Crippen LogP contribution in [0.5, 0.6) is 0 Å². The monoisotopic (exact) mass is 210 g/mol. The first kappa shape index (κ1) is 13.2. The van der Waals surface area contributed by atoms with Crippen molar-refractivity contribution in [1.29, 1.82) is 0 Å². The van der Waals surface area contributed by atoms with Crippen LogP contribution < -0.4 is 0 Å². The van der Waals surface area contributed by atoms with Crippen molar-refractivity contribution < 1.29 is 19.1 Å². The minimum atomic E-state index is -0.570. The molecule has 0 amide bonds. The Kier molecular flexibility index (Phi) is 5.78. The highest BCUT2D eigenvalue weighted by Gasteiger charge is 2.13. The lowest BCUT2D eigenvalue weighted by molar-refractivity contribution is -0.136. The molecule has 0 aliphatic heterocycles. The summed E-state index contributed by atoms with van der Waals surface area (Å²) in [6.07, 6.45) is 3.42. The molecule has 0 fully saturated rings. The van der Waals surface area contributed by atoms with Crippen LogP contribution in [0.1, 0.15) is 6.92 Å². The number of ether oxygens (including phenoxy) is 2. The molecule has 0 unspecified atom stereocenters. The normalized spacial score (nSPS) is 11.9. The second kappa shape index (κ2) is 6.59. The highest BCUT2D eigenvalue weighted by molar-refractivity contribution is 6.02. The Morgan fingerprint density at radius 1 is 1.27 bits per heavy atom. The molecule has 0 saturated carbocycles. The third kappa shape index (κ3) is 3.81. The molecule has 4 heteroatoms. The molecule has 0 N–H and O–H groups in total. The van der Waals surface area contributed by atoms with Crippen molar-refractivity contribution in [2.45, 2.75) is 6.92 Å². The molecular formula is C11H14O4. The van der Waals surface area contributed by atoms with Gasteiger partial charge in [0.2, 0.25) is 0 Å². The van der Waals surface area contributed by atoms with Gasteiger partial charge >= 0.3 is 5.97 Å². The summed E-state index contributed by atoms with van der Waals surface area (Å²) in [6.45, 7) is 5.16. The second-order valence-electron chi connectivity index (χ2n) is 2.58. The lowest BCUT2D eigenvalue weighted by atomic mass is 10.1. The third-order valence-corrected chi connectivity index (χ3v) is 1.71. The fourth-order valence-electron chi connectivity index (χ4n) is 0.920. The summed E-state index contributed by atoms with van der Waals surface area (Å²) in [5, 5.41) is 0. The molecule has 0 bridgehead atoms. The van der Waals surface area contributed by atoms with Crippen molar-refractivity contribution in [3.63, 3.8) is 0 Å². The molecule has 0 aromatic rings. The number of aldehydes is 1. The first-order valence-electron chi connectivity index (χ1n) is 4.25. The molecule has 0 rings (SSSR count). The molecule has 0 aliphatic carbocycles. The molecular weight excluding hydrogens is 196 g/mol. The van der Waals surface area contributed by atoms with Gasteiger partial charge in [-0.2, -0.15) is 0 Å². The highest BCUT2D eigenvalue weighted by atomic mass is 16.5. The molecule has 15 heavy (non-hydrogen) atoms. The fourth-order valence-corrected chi connectivity index (χ4v) is 0.920. The van der Waals surface area contributed by atoms with Crippen molar-refractivity contribution in [2.75, 3.05) is 14.2 Å². The number of allylic oxidation sites excluding steroid dienone is 2. The van der Waals surface area contributed by atoms with Crippen LogP contribution in [-0.2, 0) is 19.1 Å². The van der Waals surface area contributed by atoms with E-state index in [1.807, 2.05) is 0 Å². The van der Waals surface area contributed by atoms with Gasteiger partial charge in [-0.25, -0.2) is 4.79 Å².